The number of rotatable bonds is 6. The Kier molecular flexibility index (Phi) is 5.60. The van der Waals surface area contributed by atoms with Gasteiger partial charge in [0.05, 0.1) is 6.61 Å². The van der Waals surface area contributed by atoms with Crippen LogP contribution in [-0.4, -0.2) is 26.2 Å². The van der Waals surface area contributed by atoms with E-state index < -0.39 is 0 Å². The Hall–Kier alpha value is -0.570. The molecule has 0 aromatic heterocycles. The van der Waals surface area contributed by atoms with Crippen LogP contribution in [-0.2, 0) is 9.53 Å². The second kappa shape index (κ2) is 6.82. The van der Waals surface area contributed by atoms with Crippen molar-refractivity contribution < 1.29 is 9.53 Å². The molecule has 0 saturated heterocycles. The van der Waals surface area contributed by atoms with Crippen LogP contribution < -0.4 is 5.32 Å². The molecule has 0 aromatic rings. The van der Waals surface area contributed by atoms with E-state index in [0.717, 1.165) is 12.3 Å². The second-order valence-electron chi connectivity index (χ2n) is 4.03. The third-order valence-electron chi connectivity index (χ3n) is 2.88. The molecule has 0 heterocycles. The van der Waals surface area contributed by atoms with Gasteiger partial charge in [-0.2, -0.15) is 0 Å². The lowest BCUT2D eigenvalue weighted by Gasteiger charge is -2.08. The molecule has 0 aliphatic heterocycles. The first-order valence-electron chi connectivity index (χ1n) is 5.58. The summed E-state index contributed by atoms with van der Waals surface area (Å²) in [5, 5.41) is 2.84. The van der Waals surface area contributed by atoms with Crippen molar-refractivity contribution in [2.75, 3.05) is 20.3 Å². The minimum atomic E-state index is 0.175. The van der Waals surface area contributed by atoms with E-state index in [2.05, 4.69) is 5.32 Å². The summed E-state index contributed by atoms with van der Waals surface area (Å²) in [6.45, 7) is 1.25. The Morgan fingerprint density at radius 3 is 2.79 bits per heavy atom. The molecule has 1 rings (SSSR count). The molecule has 1 aliphatic rings. The van der Waals surface area contributed by atoms with E-state index in [9.17, 15) is 4.79 Å². The summed E-state index contributed by atoms with van der Waals surface area (Å²) in [5.74, 6) is 0.983. The van der Waals surface area contributed by atoms with Crippen LogP contribution in [0.15, 0.2) is 0 Å². The SMILES string of the molecule is COCCNC(=O)CCC1CCCC1. The summed E-state index contributed by atoms with van der Waals surface area (Å²) in [5.41, 5.74) is 0. The lowest BCUT2D eigenvalue weighted by atomic mass is 10.0. The average Bonchev–Trinajstić information content (AvgIpc) is 2.68. The molecule has 1 N–H and O–H groups in total. The first-order chi connectivity index (χ1) is 6.83. The predicted molar refractivity (Wildman–Crippen MR) is 56.1 cm³/mol. The van der Waals surface area contributed by atoms with Crippen molar-refractivity contribution >= 4 is 5.91 Å². The van der Waals surface area contributed by atoms with E-state index in [1.807, 2.05) is 0 Å². The summed E-state index contributed by atoms with van der Waals surface area (Å²) in [6, 6.07) is 0. The van der Waals surface area contributed by atoms with Gasteiger partial charge in [-0.05, 0) is 12.3 Å². The van der Waals surface area contributed by atoms with Gasteiger partial charge in [0, 0.05) is 20.1 Å². The fraction of sp³-hybridized carbons (Fsp3) is 0.909. The number of amides is 1. The Morgan fingerprint density at radius 1 is 1.43 bits per heavy atom. The molecular weight excluding hydrogens is 178 g/mol. The van der Waals surface area contributed by atoms with Crippen molar-refractivity contribution in [3.05, 3.63) is 0 Å². The highest BCUT2D eigenvalue weighted by Crippen LogP contribution is 2.28. The zero-order valence-electron chi connectivity index (χ0n) is 9.05. The van der Waals surface area contributed by atoms with Gasteiger partial charge in [0.15, 0.2) is 0 Å². The third-order valence-corrected chi connectivity index (χ3v) is 2.88. The Morgan fingerprint density at radius 2 is 2.14 bits per heavy atom. The number of carbonyl (C=O) groups is 1. The van der Waals surface area contributed by atoms with Crippen LogP contribution in [0.1, 0.15) is 38.5 Å². The third kappa shape index (κ3) is 4.61. The molecule has 1 fully saturated rings. The Labute approximate surface area is 86.2 Å². The van der Waals surface area contributed by atoms with Gasteiger partial charge < -0.3 is 10.1 Å². The highest BCUT2D eigenvalue weighted by atomic mass is 16.5. The molecule has 0 aromatic carbocycles. The molecule has 14 heavy (non-hydrogen) atoms. The van der Waals surface area contributed by atoms with E-state index in [1.54, 1.807) is 7.11 Å². The highest BCUT2D eigenvalue weighted by Gasteiger charge is 2.15. The van der Waals surface area contributed by atoms with E-state index in [4.69, 9.17) is 4.74 Å². The zero-order chi connectivity index (χ0) is 10.2. The topological polar surface area (TPSA) is 38.3 Å². The van der Waals surface area contributed by atoms with Gasteiger partial charge in [-0.15, -0.1) is 0 Å². The monoisotopic (exact) mass is 199 g/mol. The lowest BCUT2D eigenvalue weighted by Crippen LogP contribution is -2.27. The fourth-order valence-electron chi connectivity index (χ4n) is 2.02. The molecule has 0 bridgehead atoms. The smallest absolute Gasteiger partial charge is 0.220 e. The number of nitrogens with one attached hydrogen (secondary N) is 1. The summed E-state index contributed by atoms with van der Waals surface area (Å²) < 4.78 is 4.86. The van der Waals surface area contributed by atoms with Crippen molar-refractivity contribution in [2.24, 2.45) is 5.92 Å². The minimum absolute atomic E-state index is 0.175. The van der Waals surface area contributed by atoms with Crippen molar-refractivity contribution in [1.82, 2.24) is 5.32 Å². The maximum atomic E-state index is 11.3. The number of hydrogen-bond acceptors (Lipinski definition) is 2. The average molecular weight is 199 g/mol. The van der Waals surface area contributed by atoms with Gasteiger partial charge in [0.2, 0.25) is 5.91 Å². The minimum Gasteiger partial charge on any atom is -0.383 e. The quantitative estimate of drug-likeness (QED) is 0.661. The molecular formula is C11H21NO2. The summed E-state index contributed by atoms with van der Waals surface area (Å²) in [7, 11) is 1.64. The second-order valence-corrected chi connectivity index (χ2v) is 4.03. The summed E-state index contributed by atoms with van der Waals surface area (Å²) in [6.07, 6.45) is 7.12. The fourth-order valence-corrected chi connectivity index (χ4v) is 2.02. The molecule has 1 aliphatic carbocycles. The van der Waals surface area contributed by atoms with Gasteiger partial charge in [0.25, 0.3) is 0 Å². The predicted octanol–water partition coefficient (Wildman–Crippen LogP) is 1.72. The molecule has 3 heteroatoms. The van der Waals surface area contributed by atoms with Crippen LogP contribution >= 0.6 is 0 Å². The summed E-state index contributed by atoms with van der Waals surface area (Å²) >= 11 is 0. The van der Waals surface area contributed by atoms with Crippen LogP contribution in [0.4, 0.5) is 0 Å². The van der Waals surface area contributed by atoms with E-state index >= 15 is 0 Å². The molecule has 1 saturated carbocycles. The van der Waals surface area contributed by atoms with Gasteiger partial charge in [-0.25, -0.2) is 0 Å². The van der Waals surface area contributed by atoms with E-state index in [-0.39, 0.29) is 5.91 Å². The van der Waals surface area contributed by atoms with Crippen molar-refractivity contribution in [3.8, 4) is 0 Å². The number of ether oxygens (including phenoxy) is 1. The van der Waals surface area contributed by atoms with E-state index in [0.29, 0.717) is 19.6 Å². The zero-order valence-corrected chi connectivity index (χ0v) is 9.05. The number of methoxy groups -OCH3 is 1. The highest BCUT2D eigenvalue weighted by molar-refractivity contribution is 5.75. The van der Waals surface area contributed by atoms with Crippen molar-refractivity contribution in [1.29, 1.82) is 0 Å². The molecule has 0 atom stereocenters. The number of hydrogen-bond donors (Lipinski definition) is 1. The first kappa shape index (κ1) is 11.5. The molecule has 1 amide bonds. The maximum Gasteiger partial charge on any atom is 0.220 e. The van der Waals surface area contributed by atoms with Crippen LogP contribution in [0.2, 0.25) is 0 Å². The molecule has 3 nitrogen and oxygen atoms in total. The van der Waals surface area contributed by atoms with E-state index in [1.165, 1.54) is 25.7 Å². The van der Waals surface area contributed by atoms with Gasteiger partial charge >= 0.3 is 0 Å². The molecule has 0 unspecified atom stereocenters. The largest absolute Gasteiger partial charge is 0.383 e. The van der Waals surface area contributed by atoms with Crippen LogP contribution in [0.5, 0.6) is 0 Å². The molecule has 0 spiro atoms. The van der Waals surface area contributed by atoms with Crippen molar-refractivity contribution in [3.63, 3.8) is 0 Å². The van der Waals surface area contributed by atoms with Crippen molar-refractivity contribution in [2.45, 2.75) is 38.5 Å². The summed E-state index contributed by atoms with van der Waals surface area (Å²) in [4.78, 5) is 11.3. The van der Waals surface area contributed by atoms with Crippen LogP contribution in [0, 0.1) is 5.92 Å². The molecule has 0 radical (unpaired) electrons. The Balaban J connectivity index is 1.96. The van der Waals surface area contributed by atoms with Crippen LogP contribution in [0.25, 0.3) is 0 Å². The lowest BCUT2D eigenvalue weighted by molar-refractivity contribution is -0.121. The normalized spacial score (nSPS) is 17.2. The number of carbonyl (C=O) groups excluding carboxylic acids is 1. The molecule has 82 valence electrons. The van der Waals surface area contributed by atoms with Gasteiger partial charge in [0.1, 0.15) is 0 Å². The van der Waals surface area contributed by atoms with Crippen LogP contribution in [0.3, 0.4) is 0 Å². The van der Waals surface area contributed by atoms with Gasteiger partial charge in [-0.1, -0.05) is 25.7 Å². The standard InChI is InChI=1S/C11H21NO2/c1-14-9-8-12-11(13)7-6-10-4-2-3-5-10/h10H,2-9H2,1H3,(H,12,13). The van der Waals surface area contributed by atoms with Gasteiger partial charge in [-0.3, -0.25) is 4.79 Å². The Bertz CT molecular complexity index is 165. The maximum absolute atomic E-state index is 11.3. The first-order valence-corrected chi connectivity index (χ1v) is 5.58.